The molecule has 16 heavy (non-hydrogen) atoms. The number of allylic oxidation sites excluding steroid dienone is 1. The molecule has 86 valence electrons. The summed E-state index contributed by atoms with van der Waals surface area (Å²) in [6.07, 6.45) is 3.76. The van der Waals surface area contributed by atoms with E-state index >= 15 is 0 Å². The molecule has 0 aliphatic heterocycles. The third-order valence-electron chi connectivity index (χ3n) is 2.69. The first-order valence-electron chi connectivity index (χ1n) is 5.46. The van der Waals surface area contributed by atoms with E-state index in [1.54, 1.807) is 0 Å². The van der Waals surface area contributed by atoms with E-state index in [1.807, 2.05) is 24.3 Å². The molecular formula is C14H18OSe. The second-order valence-electron chi connectivity index (χ2n) is 4.14. The molecule has 0 amide bonds. The number of benzene rings is 1. The predicted octanol–water partition coefficient (Wildman–Crippen LogP) is 2.61. The van der Waals surface area contributed by atoms with Crippen LogP contribution in [0.15, 0.2) is 43.0 Å². The van der Waals surface area contributed by atoms with Gasteiger partial charge in [0.25, 0.3) is 0 Å². The molecule has 0 N–H and O–H groups in total. The Bertz CT molecular complexity index is 345. The van der Waals surface area contributed by atoms with Crippen LogP contribution in [0.2, 0.25) is 4.31 Å². The van der Waals surface area contributed by atoms with E-state index in [2.05, 4.69) is 32.6 Å². The van der Waals surface area contributed by atoms with Crippen molar-refractivity contribution in [3.05, 3.63) is 43.0 Å². The van der Waals surface area contributed by atoms with E-state index in [9.17, 15) is 4.79 Å². The van der Waals surface area contributed by atoms with Gasteiger partial charge in [-0.05, 0) is 0 Å². The first kappa shape index (κ1) is 13.2. The Morgan fingerprint density at radius 1 is 1.38 bits per heavy atom. The summed E-state index contributed by atoms with van der Waals surface area (Å²) < 4.78 is 1.04. The first-order chi connectivity index (χ1) is 7.64. The zero-order valence-electron chi connectivity index (χ0n) is 9.85. The average molecular weight is 281 g/mol. The van der Waals surface area contributed by atoms with Gasteiger partial charge in [-0.1, -0.05) is 0 Å². The SMILES string of the molecule is C=CCC(C=O)([Se]c1ccccc1)C(C)C. The molecule has 0 saturated heterocycles. The summed E-state index contributed by atoms with van der Waals surface area (Å²) in [4.78, 5) is 11.4. The van der Waals surface area contributed by atoms with Crippen LogP contribution >= 0.6 is 0 Å². The van der Waals surface area contributed by atoms with Crippen molar-refractivity contribution >= 4 is 25.7 Å². The molecule has 2 heteroatoms. The molecule has 0 fully saturated rings. The van der Waals surface area contributed by atoms with E-state index in [-0.39, 0.29) is 19.3 Å². The van der Waals surface area contributed by atoms with Crippen LogP contribution in [-0.4, -0.2) is 21.2 Å². The molecule has 1 aromatic carbocycles. The summed E-state index contributed by atoms with van der Waals surface area (Å²) in [6.45, 7) is 8.00. The summed E-state index contributed by atoms with van der Waals surface area (Å²) in [5.74, 6) is 0.350. The van der Waals surface area contributed by atoms with Gasteiger partial charge in [0.2, 0.25) is 0 Å². The zero-order chi connectivity index (χ0) is 12.0. The van der Waals surface area contributed by atoms with Gasteiger partial charge in [-0.25, -0.2) is 0 Å². The average Bonchev–Trinajstić information content (AvgIpc) is 2.29. The van der Waals surface area contributed by atoms with Crippen LogP contribution in [0.4, 0.5) is 0 Å². The number of carbonyl (C=O) groups is 1. The van der Waals surface area contributed by atoms with Gasteiger partial charge in [-0.2, -0.15) is 0 Å². The topological polar surface area (TPSA) is 17.1 Å². The molecule has 0 spiro atoms. The molecule has 1 atom stereocenters. The summed E-state index contributed by atoms with van der Waals surface area (Å²) in [6, 6.07) is 10.3. The molecular weight excluding hydrogens is 263 g/mol. The fourth-order valence-corrected chi connectivity index (χ4v) is 4.09. The molecule has 1 unspecified atom stereocenters. The van der Waals surface area contributed by atoms with Crippen molar-refractivity contribution < 1.29 is 4.79 Å². The zero-order valence-corrected chi connectivity index (χ0v) is 11.6. The van der Waals surface area contributed by atoms with Crippen molar-refractivity contribution in [1.82, 2.24) is 0 Å². The van der Waals surface area contributed by atoms with Crippen LogP contribution in [0.3, 0.4) is 0 Å². The molecule has 1 nitrogen and oxygen atoms in total. The Kier molecular flexibility index (Phi) is 4.98. The summed E-state index contributed by atoms with van der Waals surface area (Å²) >= 11 is 0.165. The molecule has 1 aromatic rings. The number of carbonyl (C=O) groups excluding carboxylic acids is 1. The van der Waals surface area contributed by atoms with Crippen LogP contribution in [0.25, 0.3) is 0 Å². The summed E-state index contributed by atoms with van der Waals surface area (Å²) in [5.41, 5.74) is 0. The van der Waals surface area contributed by atoms with Crippen molar-refractivity contribution in [1.29, 1.82) is 0 Å². The maximum absolute atomic E-state index is 11.4. The Hall–Kier alpha value is -0.851. The minimum atomic E-state index is -0.240. The Labute approximate surface area is 104 Å². The molecule has 0 aliphatic rings. The molecule has 0 radical (unpaired) electrons. The third kappa shape index (κ3) is 3.07. The molecule has 0 aliphatic carbocycles. The van der Waals surface area contributed by atoms with Crippen LogP contribution in [0.1, 0.15) is 20.3 Å². The Balaban J connectivity index is 2.94. The molecule has 1 rings (SSSR count). The number of aldehydes is 1. The molecule has 0 aromatic heterocycles. The van der Waals surface area contributed by atoms with Gasteiger partial charge in [0.05, 0.1) is 0 Å². The fourth-order valence-electron chi connectivity index (χ4n) is 1.54. The summed E-state index contributed by atoms with van der Waals surface area (Å²) in [5, 5.41) is 0. The normalized spacial score (nSPS) is 14.4. The second kappa shape index (κ2) is 6.03. The monoisotopic (exact) mass is 282 g/mol. The first-order valence-corrected chi connectivity index (χ1v) is 7.17. The van der Waals surface area contributed by atoms with E-state index < -0.39 is 0 Å². The quantitative estimate of drug-likeness (QED) is 0.445. The van der Waals surface area contributed by atoms with Gasteiger partial charge in [0, 0.05) is 0 Å². The van der Waals surface area contributed by atoms with Crippen LogP contribution in [0.5, 0.6) is 0 Å². The predicted molar refractivity (Wildman–Crippen MR) is 70.2 cm³/mol. The van der Waals surface area contributed by atoms with Gasteiger partial charge in [0.15, 0.2) is 0 Å². The Morgan fingerprint density at radius 2 is 2.00 bits per heavy atom. The van der Waals surface area contributed by atoms with Gasteiger partial charge >= 0.3 is 104 Å². The minimum absolute atomic E-state index is 0.165. The van der Waals surface area contributed by atoms with Gasteiger partial charge in [-0.15, -0.1) is 0 Å². The van der Waals surface area contributed by atoms with Crippen LogP contribution < -0.4 is 4.46 Å². The van der Waals surface area contributed by atoms with Gasteiger partial charge in [-0.3, -0.25) is 0 Å². The van der Waals surface area contributed by atoms with Gasteiger partial charge < -0.3 is 0 Å². The Morgan fingerprint density at radius 3 is 2.44 bits per heavy atom. The number of rotatable bonds is 6. The number of hydrogen-bond donors (Lipinski definition) is 0. The van der Waals surface area contributed by atoms with Crippen molar-refractivity contribution in [2.75, 3.05) is 0 Å². The summed E-state index contributed by atoms with van der Waals surface area (Å²) in [7, 11) is 0. The fraction of sp³-hybridized carbons (Fsp3) is 0.357. The van der Waals surface area contributed by atoms with Gasteiger partial charge in [0.1, 0.15) is 0 Å². The third-order valence-corrected chi connectivity index (χ3v) is 6.09. The van der Waals surface area contributed by atoms with E-state index in [1.165, 1.54) is 4.46 Å². The van der Waals surface area contributed by atoms with Crippen molar-refractivity contribution in [2.45, 2.75) is 24.6 Å². The van der Waals surface area contributed by atoms with Crippen molar-refractivity contribution in [2.24, 2.45) is 5.92 Å². The van der Waals surface area contributed by atoms with Crippen LogP contribution in [0, 0.1) is 5.92 Å². The van der Waals surface area contributed by atoms with Crippen molar-refractivity contribution in [3.8, 4) is 0 Å². The van der Waals surface area contributed by atoms with E-state index in [4.69, 9.17) is 0 Å². The van der Waals surface area contributed by atoms with E-state index in [0.29, 0.717) is 5.92 Å². The maximum atomic E-state index is 11.4. The molecule has 0 bridgehead atoms. The van der Waals surface area contributed by atoms with Crippen LogP contribution in [-0.2, 0) is 4.79 Å². The molecule has 0 heterocycles. The number of hydrogen-bond acceptors (Lipinski definition) is 1. The van der Waals surface area contributed by atoms with E-state index in [0.717, 1.165) is 12.7 Å². The molecule has 0 saturated carbocycles. The van der Waals surface area contributed by atoms with Crippen molar-refractivity contribution in [3.63, 3.8) is 0 Å². The standard InChI is InChI=1S/C14H18OSe/c1-4-10-14(11-15,12(2)3)16-13-8-6-5-7-9-13/h4-9,11-12H,1,10H2,2-3H3. The second-order valence-corrected chi connectivity index (χ2v) is 7.15.